The number of hydrogen-bond donors (Lipinski definition) is 1. The summed E-state index contributed by atoms with van der Waals surface area (Å²) in [7, 11) is 0. The molecule has 0 bridgehead atoms. The van der Waals surface area contributed by atoms with Gasteiger partial charge >= 0.3 is 6.09 Å². The molecule has 6 heteroatoms. The Morgan fingerprint density at radius 3 is 2.71 bits per heavy atom. The number of aryl methyl sites for hydroxylation is 1. The smallest absolute Gasteiger partial charge is 0.413 e. The highest BCUT2D eigenvalue weighted by Gasteiger charge is 2.17. The third-order valence-corrected chi connectivity index (χ3v) is 4.24. The molecule has 2 aromatic heterocycles. The fourth-order valence-corrected chi connectivity index (χ4v) is 3.14. The van der Waals surface area contributed by atoms with E-state index in [0.717, 1.165) is 21.5 Å². The van der Waals surface area contributed by atoms with E-state index >= 15 is 0 Å². The number of ether oxygens (including phenoxy) is 1. The predicted molar refractivity (Wildman–Crippen MR) is 97.4 cm³/mol. The van der Waals surface area contributed by atoms with Gasteiger partial charge in [-0.05, 0) is 39.3 Å². The summed E-state index contributed by atoms with van der Waals surface area (Å²) in [6, 6.07) is 10.1. The average molecular weight is 341 g/mol. The first-order chi connectivity index (χ1) is 11.3. The van der Waals surface area contributed by atoms with Crippen LogP contribution in [0.1, 0.15) is 26.3 Å². The maximum absolute atomic E-state index is 11.9. The van der Waals surface area contributed by atoms with E-state index in [1.165, 1.54) is 16.9 Å². The van der Waals surface area contributed by atoms with Gasteiger partial charge in [-0.1, -0.05) is 35.6 Å². The second-order valence-corrected chi connectivity index (χ2v) is 7.53. The lowest BCUT2D eigenvalue weighted by Crippen LogP contribution is -2.27. The zero-order chi connectivity index (χ0) is 17.3. The van der Waals surface area contributed by atoms with Crippen LogP contribution in [-0.4, -0.2) is 21.7 Å². The van der Waals surface area contributed by atoms with E-state index in [1.54, 1.807) is 6.20 Å². The summed E-state index contributed by atoms with van der Waals surface area (Å²) in [6.07, 6.45) is 1.22. The number of benzene rings is 1. The Morgan fingerprint density at radius 2 is 2.00 bits per heavy atom. The summed E-state index contributed by atoms with van der Waals surface area (Å²) in [5, 5.41) is 3.18. The van der Waals surface area contributed by atoms with Crippen molar-refractivity contribution in [3.63, 3.8) is 0 Å². The normalized spacial score (nSPS) is 11.5. The lowest BCUT2D eigenvalue weighted by molar-refractivity contribution is 0.0636. The molecule has 2 heterocycles. The molecule has 3 rings (SSSR count). The Kier molecular flexibility index (Phi) is 4.24. The first-order valence-electron chi connectivity index (χ1n) is 7.64. The molecule has 0 aliphatic carbocycles. The molecule has 0 unspecified atom stereocenters. The molecule has 0 aliphatic rings. The average Bonchev–Trinajstić information content (AvgIpc) is 2.86. The minimum absolute atomic E-state index is 0.503. The van der Waals surface area contributed by atoms with Gasteiger partial charge in [0, 0.05) is 5.56 Å². The quantitative estimate of drug-likeness (QED) is 0.711. The Labute approximate surface area is 144 Å². The number of nitrogens with zero attached hydrogens (tertiary/aromatic N) is 2. The van der Waals surface area contributed by atoms with E-state index in [0.29, 0.717) is 5.13 Å². The third-order valence-electron chi connectivity index (χ3n) is 3.30. The monoisotopic (exact) mass is 341 g/mol. The summed E-state index contributed by atoms with van der Waals surface area (Å²) < 4.78 is 6.21. The molecule has 0 spiro atoms. The number of nitrogens with one attached hydrogen (secondary N) is 1. The zero-order valence-corrected chi connectivity index (χ0v) is 14.9. The number of fused-ring (bicyclic) bond motifs is 1. The highest BCUT2D eigenvalue weighted by atomic mass is 32.1. The Balaban J connectivity index is 1.87. The molecule has 0 aliphatic heterocycles. The van der Waals surface area contributed by atoms with Crippen molar-refractivity contribution in [1.29, 1.82) is 0 Å². The molecule has 1 N–H and O–H groups in total. The van der Waals surface area contributed by atoms with Crippen LogP contribution in [0.25, 0.3) is 21.5 Å². The highest BCUT2D eigenvalue weighted by Crippen LogP contribution is 2.30. The lowest BCUT2D eigenvalue weighted by atomic mass is 10.1. The summed E-state index contributed by atoms with van der Waals surface area (Å²) in [5.41, 5.74) is 3.37. The molecular formula is C18H19N3O2S. The van der Waals surface area contributed by atoms with E-state index in [4.69, 9.17) is 4.74 Å². The second kappa shape index (κ2) is 6.20. The minimum Gasteiger partial charge on any atom is -0.444 e. The number of carbonyl (C=O) groups is 1. The number of aromatic nitrogens is 2. The maximum atomic E-state index is 11.9. The van der Waals surface area contributed by atoms with Gasteiger partial charge < -0.3 is 4.74 Å². The summed E-state index contributed by atoms with van der Waals surface area (Å²) >= 11 is 1.40. The molecule has 1 amide bonds. The summed E-state index contributed by atoms with van der Waals surface area (Å²) in [5.74, 6) is 0. The molecule has 0 saturated heterocycles. The van der Waals surface area contributed by atoms with Crippen LogP contribution in [0.5, 0.6) is 0 Å². The molecule has 24 heavy (non-hydrogen) atoms. The number of anilines is 1. The highest BCUT2D eigenvalue weighted by molar-refractivity contribution is 7.22. The molecule has 1 aromatic carbocycles. The van der Waals surface area contributed by atoms with Gasteiger partial charge in [-0.2, -0.15) is 0 Å². The van der Waals surface area contributed by atoms with Crippen LogP contribution in [-0.2, 0) is 4.74 Å². The van der Waals surface area contributed by atoms with E-state index in [-0.39, 0.29) is 0 Å². The molecule has 124 valence electrons. The van der Waals surface area contributed by atoms with Crippen LogP contribution in [0.2, 0.25) is 0 Å². The van der Waals surface area contributed by atoms with Gasteiger partial charge in [0.25, 0.3) is 0 Å². The maximum Gasteiger partial charge on any atom is 0.413 e. The standard InChI is InChI=1S/C18H19N3O2S/c1-11-7-5-6-8-12(11)13-9-15-14(10-19-13)20-16(24-15)21-17(22)23-18(2,3)4/h5-10H,1-4H3,(H,20,21,22). The van der Waals surface area contributed by atoms with E-state index in [9.17, 15) is 4.79 Å². The fraction of sp³-hybridized carbons (Fsp3) is 0.278. The number of rotatable bonds is 2. The van der Waals surface area contributed by atoms with Crippen molar-refractivity contribution in [2.24, 2.45) is 0 Å². The van der Waals surface area contributed by atoms with Gasteiger partial charge in [0.2, 0.25) is 0 Å². The molecule has 0 atom stereocenters. The largest absolute Gasteiger partial charge is 0.444 e. The van der Waals surface area contributed by atoms with Crippen LogP contribution >= 0.6 is 11.3 Å². The van der Waals surface area contributed by atoms with Crippen LogP contribution in [0.3, 0.4) is 0 Å². The zero-order valence-electron chi connectivity index (χ0n) is 14.1. The second-order valence-electron chi connectivity index (χ2n) is 6.50. The number of thiazole rings is 1. The summed E-state index contributed by atoms with van der Waals surface area (Å²) in [4.78, 5) is 20.7. The number of hydrogen-bond acceptors (Lipinski definition) is 5. The SMILES string of the molecule is Cc1ccccc1-c1cc2sc(NC(=O)OC(C)(C)C)nc2cn1. The first-order valence-corrected chi connectivity index (χ1v) is 8.46. The van der Waals surface area contributed by atoms with Crippen molar-refractivity contribution < 1.29 is 9.53 Å². The Hall–Kier alpha value is -2.47. The molecule has 0 fully saturated rings. The Bertz CT molecular complexity index is 897. The van der Waals surface area contributed by atoms with E-state index in [1.807, 2.05) is 45.0 Å². The van der Waals surface area contributed by atoms with Gasteiger partial charge in [-0.3, -0.25) is 10.3 Å². The van der Waals surface area contributed by atoms with Crippen molar-refractivity contribution in [3.8, 4) is 11.3 Å². The van der Waals surface area contributed by atoms with Crippen molar-refractivity contribution in [2.45, 2.75) is 33.3 Å². The van der Waals surface area contributed by atoms with Gasteiger partial charge in [0.15, 0.2) is 5.13 Å². The van der Waals surface area contributed by atoms with Crippen molar-refractivity contribution in [2.75, 3.05) is 5.32 Å². The first kappa shape index (κ1) is 16.4. The number of pyridine rings is 1. The lowest BCUT2D eigenvalue weighted by Gasteiger charge is -2.18. The third kappa shape index (κ3) is 3.71. The topological polar surface area (TPSA) is 64.1 Å². The van der Waals surface area contributed by atoms with E-state index < -0.39 is 11.7 Å². The van der Waals surface area contributed by atoms with Gasteiger partial charge in [0.05, 0.1) is 16.6 Å². The van der Waals surface area contributed by atoms with Gasteiger partial charge in [0.1, 0.15) is 11.1 Å². The van der Waals surface area contributed by atoms with Crippen LogP contribution in [0, 0.1) is 6.92 Å². The Morgan fingerprint density at radius 1 is 1.25 bits per heavy atom. The summed E-state index contributed by atoms with van der Waals surface area (Å²) in [6.45, 7) is 7.53. The molecule has 3 aromatic rings. The van der Waals surface area contributed by atoms with E-state index in [2.05, 4.69) is 28.3 Å². The predicted octanol–water partition coefficient (Wildman–Crippen LogP) is 5.01. The van der Waals surface area contributed by atoms with Crippen molar-refractivity contribution in [3.05, 3.63) is 42.1 Å². The van der Waals surface area contributed by atoms with Crippen molar-refractivity contribution >= 4 is 32.8 Å². The number of carbonyl (C=O) groups excluding carboxylic acids is 1. The molecule has 5 nitrogen and oxygen atoms in total. The fourth-order valence-electron chi connectivity index (χ4n) is 2.28. The molecular weight excluding hydrogens is 322 g/mol. The minimum atomic E-state index is -0.541. The van der Waals surface area contributed by atoms with Crippen LogP contribution < -0.4 is 5.32 Å². The van der Waals surface area contributed by atoms with Gasteiger partial charge in [-0.15, -0.1) is 0 Å². The number of amides is 1. The van der Waals surface area contributed by atoms with Crippen LogP contribution in [0.15, 0.2) is 36.5 Å². The molecule has 0 radical (unpaired) electrons. The van der Waals surface area contributed by atoms with Crippen LogP contribution in [0.4, 0.5) is 9.93 Å². The van der Waals surface area contributed by atoms with Crippen molar-refractivity contribution in [1.82, 2.24) is 9.97 Å². The van der Waals surface area contributed by atoms with Gasteiger partial charge in [-0.25, -0.2) is 9.78 Å². The molecule has 0 saturated carbocycles.